The first kappa shape index (κ1) is 15.7. The third kappa shape index (κ3) is 3.51. The summed E-state index contributed by atoms with van der Waals surface area (Å²) in [6.07, 6.45) is 0. The number of ether oxygens (including phenoxy) is 1. The van der Waals surface area contributed by atoms with Crippen LogP contribution in [0.2, 0.25) is 0 Å². The Hall–Kier alpha value is -1.67. The van der Waals surface area contributed by atoms with Crippen LogP contribution in [0, 0.1) is 11.6 Å². The van der Waals surface area contributed by atoms with Gasteiger partial charge < -0.3 is 4.74 Å². The van der Waals surface area contributed by atoms with Gasteiger partial charge in [0.1, 0.15) is 11.6 Å². The van der Waals surface area contributed by atoms with Gasteiger partial charge in [-0.3, -0.25) is 4.72 Å². The fourth-order valence-electron chi connectivity index (χ4n) is 1.66. The number of nitrogens with one attached hydrogen (secondary N) is 1. The van der Waals surface area contributed by atoms with Gasteiger partial charge in [0.2, 0.25) is 0 Å². The minimum absolute atomic E-state index is 0.0614. The standard InChI is InChI=1S/C13H10BrF2NO3S/c1-20-13-11(14)6-9(16)7-12(13)17-21(18,19)10-4-2-8(15)3-5-10/h2-7,17H,1H3. The molecular weight excluding hydrogens is 368 g/mol. The van der Waals surface area contributed by atoms with Crippen molar-refractivity contribution in [3.05, 3.63) is 52.5 Å². The second-order valence-electron chi connectivity index (χ2n) is 4.03. The molecule has 0 saturated carbocycles. The van der Waals surface area contributed by atoms with Crippen LogP contribution in [0.15, 0.2) is 45.8 Å². The highest BCUT2D eigenvalue weighted by molar-refractivity contribution is 9.10. The molecule has 0 aliphatic carbocycles. The number of halogens is 3. The van der Waals surface area contributed by atoms with Crippen molar-refractivity contribution < 1.29 is 21.9 Å². The summed E-state index contributed by atoms with van der Waals surface area (Å²) in [6, 6.07) is 6.40. The summed E-state index contributed by atoms with van der Waals surface area (Å²) < 4.78 is 58.1. The molecule has 0 unspecified atom stereocenters. The maximum absolute atomic E-state index is 13.4. The highest BCUT2D eigenvalue weighted by atomic mass is 79.9. The van der Waals surface area contributed by atoms with Gasteiger partial charge in [-0.2, -0.15) is 0 Å². The van der Waals surface area contributed by atoms with E-state index in [-0.39, 0.29) is 20.8 Å². The summed E-state index contributed by atoms with van der Waals surface area (Å²) >= 11 is 3.08. The molecule has 0 heterocycles. The molecule has 0 atom stereocenters. The van der Waals surface area contributed by atoms with E-state index in [1.165, 1.54) is 7.11 Å². The molecule has 0 aliphatic rings. The average Bonchev–Trinajstić information content (AvgIpc) is 2.38. The number of sulfonamides is 1. The van der Waals surface area contributed by atoms with Crippen LogP contribution < -0.4 is 9.46 Å². The predicted octanol–water partition coefficient (Wildman–Crippen LogP) is 3.54. The second-order valence-corrected chi connectivity index (χ2v) is 6.56. The lowest BCUT2D eigenvalue weighted by molar-refractivity contribution is 0.413. The van der Waals surface area contributed by atoms with Gasteiger partial charge in [-0.25, -0.2) is 17.2 Å². The Labute approximate surface area is 128 Å². The van der Waals surface area contributed by atoms with E-state index >= 15 is 0 Å². The van der Waals surface area contributed by atoms with Gasteiger partial charge in [0.15, 0.2) is 5.75 Å². The Kier molecular flexibility index (Phi) is 4.48. The highest BCUT2D eigenvalue weighted by Gasteiger charge is 2.19. The largest absolute Gasteiger partial charge is 0.493 e. The molecule has 0 spiro atoms. The molecule has 2 aromatic rings. The number of methoxy groups -OCH3 is 1. The van der Waals surface area contributed by atoms with E-state index in [0.29, 0.717) is 0 Å². The minimum Gasteiger partial charge on any atom is -0.493 e. The first-order chi connectivity index (χ1) is 9.83. The SMILES string of the molecule is COc1c(Br)cc(F)cc1NS(=O)(=O)c1ccc(F)cc1. The summed E-state index contributed by atoms with van der Waals surface area (Å²) in [5, 5.41) is 0. The highest BCUT2D eigenvalue weighted by Crippen LogP contribution is 2.35. The third-order valence-corrected chi connectivity index (χ3v) is 4.55. The molecule has 0 radical (unpaired) electrons. The fourth-order valence-corrected chi connectivity index (χ4v) is 3.31. The molecule has 8 heteroatoms. The number of benzene rings is 2. The van der Waals surface area contributed by atoms with Crippen molar-refractivity contribution in [1.29, 1.82) is 0 Å². The zero-order valence-corrected chi connectivity index (χ0v) is 13.1. The summed E-state index contributed by atoms with van der Waals surface area (Å²) in [5.41, 5.74) is -0.0614. The maximum atomic E-state index is 13.4. The van der Waals surface area contributed by atoms with Gasteiger partial charge in [0, 0.05) is 6.07 Å². The predicted molar refractivity (Wildman–Crippen MR) is 77.9 cm³/mol. The van der Waals surface area contributed by atoms with Gasteiger partial charge in [0.25, 0.3) is 10.0 Å². The summed E-state index contributed by atoms with van der Waals surface area (Å²) in [6.45, 7) is 0. The van der Waals surface area contributed by atoms with E-state index in [1.807, 2.05) is 0 Å². The van der Waals surface area contributed by atoms with Crippen molar-refractivity contribution in [2.24, 2.45) is 0 Å². The molecule has 112 valence electrons. The van der Waals surface area contributed by atoms with E-state index in [1.54, 1.807) is 0 Å². The van der Waals surface area contributed by atoms with Gasteiger partial charge in [-0.05, 0) is 46.3 Å². The second kappa shape index (κ2) is 5.98. The first-order valence-corrected chi connectivity index (χ1v) is 7.92. The van der Waals surface area contributed by atoms with Crippen LogP contribution in [0.5, 0.6) is 5.75 Å². The van der Waals surface area contributed by atoms with Crippen LogP contribution in [-0.2, 0) is 10.0 Å². The van der Waals surface area contributed by atoms with Crippen LogP contribution >= 0.6 is 15.9 Å². The lowest BCUT2D eigenvalue weighted by Gasteiger charge is -2.13. The van der Waals surface area contributed by atoms with Crippen LogP contribution in [-0.4, -0.2) is 15.5 Å². The van der Waals surface area contributed by atoms with Crippen LogP contribution in [0.3, 0.4) is 0 Å². The molecule has 2 aromatic carbocycles. The Balaban J connectivity index is 2.43. The molecule has 2 rings (SSSR count). The maximum Gasteiger partial charge on any atom is 0.262 e. The molecule has 21 heavy (non-hydrogen) atoms. The summed E-state index contributed by atoms with van der Waals surface area (Å²) in [5.74, 6) is -1.05. The van der Waals surface area contributed by atoms with Crippen molar-refractivity contribution in [3.8, 4) is 5.75 Å². The lowest BCUT2D eigenvalue weighted by atomic mass is 10.3. The Bertz CT molecular complexity index is 764. The molecule has 0 aromatic heterocycles. The summed E-state index contributed by atoms with van der Waals surface area (Å²) in [4.78, 5) is -0.147. The van der Waals surface area contributed by atoms with Crippen molar-refractivity contribution in [2.75, 3.05) is 11.8 Å². The fraction of sp³-hybridized carbons (Fsp3) is 0.0769. The number of anilines is 1. The van der Waals surface area contributed by atoms with Gasteiger partial charge >= 0.3 is 0 Å². The number of hydrogen-bond donors (Lipinski definition) is 1. The van der Waals surface area contributed by atoms with Crippen LogP contribution in [0.4, 0.5) is 14.5 Å². The van der Waals surface area contributed by atoms with Gasteiger partial charge in [-0.15, -0.1) is 0 Å². The first-order valence-electron chi connectivity index (χ1n) is 5.65. The lowest BCUT2D eigenvalue weighted by Crippen LogP contribution is -2.14. The van der Waals surface area contributed by atoms with E-state index in [4.69, 9.17) is 4.74 Å². The van der Waals surface area contributed by atoms with Crippen LogP contribution in [0.25, 0.3) is 0 Å². The van der Waals surface area contributed by atoms with Gasteiger partial charge in [-0.1, -0.05) is 0 Å². The zero-order chi connectivity index (χ0) is 15.6. The van der Waals surface area contributed by atoms with E-state index in [2.05, 4.69) is 20.7 Å². The Morgan fingerprint density at radius 3 is 2.29 bits per heavy atom. The van der Waals surface area contributed by atoms with Gasteiger partial charge in [0.05, 0.1) is 22.2 Å². The third-order valence-electron chi connectivity index (χ3n) is 2.58. The molecule has 1 N–H and O–H groups in total. The quantitative estimate of drug-likeness (QED) is 0.886. The molecule has 0 aliphatic heterocycles. The van der Waals surface area contributed by atoms with E-state index in [0.717, 1.165) is 36.4 Å². The molecule has 0 saturated heterocycles. The minimum atomic E-state index is -3.98. The normalized spacial score (nSPS) is 11.2. The molecule has 0 fully saturated rings. The monoisotopic (exact) mass is 377 g/mol. The van der Waals surface area contributed by atoms with Crippen molar-refractivity contribution in [2.45, 2.75) is 4.90 Å². The van der Waals surface area contributed by atoms with Crippen molar-refractivity contribution in [1.82, 2.24) is 0 Å². The Morgan fingerprint density at radius 1 is 1.10 bits per heavy atom. The topological polar surface area (TPSA) is 55.4 Å². The van der Waals surface area contributed by atoms with E-state index in [9.17, 15) is 17.2 Å². The molecular formula is C13H10BrF2NO3S. The van der Waals surface area contributed by atoms with E-state index < -0.39 is 21.7 Å². The molecule has 4 nitrogen and oxygen atoms in total. The number of hydrogen-bond acceptors (Lipinski definition) is 3. The zero-order valence-electron chi connectivity index (χ0n) is 10.7. The van der Waals surface area contributed by atoms with Crippen molar-refractivity contribution in [3.63, 3.8) is 0 Å². The van der Waals surface area contributed by atoms with Crippen molar-refractivity contribution >= 4 is 31.6 Å². The van der Waals surface area contributed by atoms with Crippen LogP contribution in [0.1, 0.15) is 0 Å². The Morgan fingerprint density at radius 2 is 1.71 bits per heavy atom. The smallest absolute Gasteiger partial charge is 0.262 e. The molecule has 0 bridgehead atoms. The summed E-state index contributed by atoms with van der Waals surface area (Å²) in [7, 11) is -2.65. The molecule has 0 amide bonds. The number of rotatable bonds is 4. The average molecular weight is 378 g/mol.